The highest BCUT2D eigenvalue weighted by atomic mass is 32.2. The van der Waals surface area contributed by atoms with Crippen molar-refractivity contribution in [1.29, 1.82) is 0 Å². The molecule has 5 nitrogen and oxygen atoms in total. The molecule has 1 aromatic carbocycles. The Labute approximate surface area is 107 Å². The molecule has 0 fully saturated rings. The van der Waals surface area contributed by atoms with Crippen LogP contribution in [0.1, 0.15) is 10.4 Å². The van der Waals surface area contributed by atoms with Gasteiger partial charge in [0.1, 0.15) is 0 Å². The summed E-state index contributed by atoms with van der Waals surface area (Å²) < 4.78 is 24.7. The summed E-state index contributed by atoms with van der Waals surface area (Å²) in [6.07, 6.45) is 1.57. The molecule has 0 spiro atoms. The number of carbonyl (C=O) groups is 1. The minimum atomic E-state index is -3.45. The Balaban J connectivity index is 2.93. The van der Waals surface area contributed by atoms with Gasteiger partial charge in [-0.05, 0) is 24.3 Å². The van der Waals surface area contributed by atoms with Gasteiger partial charge in [-0.3, -0.25) is 4.79 Å². The molecular weight excluding hydrogens is 252 g/mol. The fourth-order valence-electron chi connectivity index (χ4n) is 1.26. The van der Waals surface area contributed by atoms with Crippen molar-refractivity contribution in [2.45, 2.75) is 4.90 Å². The second kappa shape index (κ2) is 5.79. The third-order valence-corrected chi connectivity index (χ3v) is 4.13. The number of rotatable bonds is 5. The first-order valence-electron chi connectivity index (χ1n) is 5.31. The predicted octanol–water partition coefficient (Wildman–Crippen LogP) is 0.853. The van der Waals surface area contributed by atoms with Gasteiger partial charge < -0.3 is 5.32 Å². The summed E-state index contributed by atoms with van der Waals surface area (Å²) in [6, 6.07) is 5.79. The Morgan fingerprint density at radius 2 is 1.89 bits per heavy atom. The van der Waals surface area contributed by atoms with Crippen LogP contribution in [-0.2, 0) is 10.0 Å². The van der Waals surface area contributed by atoms with Crippen molar-refractivity contribution in [3.8, 4) is 0 Å². The van der Waals surface area contributed by atoms with E-state index in [-0.39, 0.29) is 10.8 Å². The van der Waals surface area contributed by atoms with Crippen LogP contribution in [0.2, 0.25) is 0 Å². The molecule has 98 valence electrons. The van der Waals surface area contributed by atoms with Gasteiger partial charge in [0.25, 0.3) is 5.91 Å². The van der Waals surface area contributed by atoms with E-state index in [1.54, 1.807) is 6.08 Å². The fraction of sp³-hybridized carbons (Fsp3) is 0.250. The van der Waals surface area contributed by atoms with Crippen LogP contribution in [0, 0.1) is 0 Å². The normalized spacial score (nSPS) is 11.3. The Morgan fingerprint density at radius 1 is 1.33 bits per heavy atom. The van der Waals surface area contributed by atoms with Gasteiger partial charge in [-0.15, -0.1) is 6.58 Å². The third kappa shape index (κ3) is 3.18. The first-order chi connectivity index (χ1) is 8.39. The number of sulfonamides is 1. The van der Waals surface area contributed by atoms with Gasteiger partial charge in [0.2, 0.25) is 10.0 Å². The molecule has 1 amide bonds. The fourth-order valence-corrected chi connectivity index (χ4v) is 2.16. The van der Waals surface area contributed by atoms with Gasteiger partial charge in [-0.1, -0.05) is 6.08 Å². The Bertz CT molecular complexity index is 533. The SMILES string of the molecule is C=CCNC(=O)c1ccc(S(=O)(=O)N(C)C)cc1. The number of hydrogen-bond acceptors (Lipinski definition) is 3. The number of nitrogens with one attached hydrogen (secondary N) is 1. The molecule has 0 aromatic heterocycles. The van der Waals surface area contributed by atoms with Crippen LogP contribution in [0.4, 0.5) is 0 Å². The summed E-state index contributed by atoms with van der Waals surface area (Å²) in [5, 5.41) is 2.61. The highest BCUT2D eigenvalue weighted by Crippen LogP contribution is 2.13. The first-order valence-corrected chi connectivity index (χ1v) is 6.75. The number of amides is 1. The first kappa shape index (κ1) is 14.4. The quantitative estimate of drug-likeness (QED) is 0.805. The number of carbonyl (C=O) groups excluding carboxylic acids is 1. The zero-order valence-corrected chi connectivity index (χ0v) is 11.2. The van der Waals surface area contributed by atoms with E-state index < -0.39 is 10.0 Å². The monoisotopic (exact) mass is 268 g/mol. The number of nitrogens with zero attached hydrogens (tertiary/aromatic N) is 1. The lowest BCUT2D eigenvalue weighted by molar-refractivity contribution is 0.0958. The molecule has 0 aliphatic carbocycles. The summed E-state index contributed by atoms with van der Waals surface area (Å²) >= 11 is 0. The van der Waals surface area contributed by atoms with Gasteiger partial charge in [0, 0.05) is 26.2 Å². The molecule has 0 unspecified atom stereocenters. The molecule has 18 heavy (non-hydrogen) atoms. The maximum Gasteiger partial charge on any atom is 0.251 e. The van der Waals surface area contributed by atoms with E-state index in [1.165, 1.54) is 38.4 Å². The smallest absolute Gasteiger partial charge is 0.251 e. The maximum atomic E-state index is 11.8. The molecule has 0 heterocycles. The summed E-state index contributed by atoms with van der Waals surface area (Å²) in [7, 11) is -0.534. The average Bonchev–Trinajstić information content (AvgIpc) is 2.35. The van der Waals surface area contributed by atoms with Gasteiger partial charge in [0.15, 0.2) is 0 Å². The van der Waals surface area contributed by atoms with Crippen LogP contribution in [-0.4, -0.2) is 39.3 Å². The van der Waals surface area contributed by atoms with Crippen molar-refractivity contribution >= 4 is 15.9 Å². The average molecular weight is 268 g/mol. The van der Waals surface area contributed by atoms with E-state index in [1.807, 2.05) is 0 Å². The van der Waals surface area contributed by atoms with Crippen LogP contribution < -0.4 is 5.32 Å². The molecule has 0 bridgehead atoms. The third-order valence-electron chi connectivity index (χ3n) is 2.30. The second-order valence-electron chi connectivity index (χ2n) is 3.81. The van der Waals surface area contributed by atoms with E-state index in [0.717, 1.165) is 4.31 Å². The van der Waals surface area contributed by atoms with Crippen molar-refractivity contribution in [1.82, 2.24) is 9.62 Å². The Morgan fingerprint density at radius 3 is 2.33 bits per heavy atom. The second-order valence-corrected chi connectivity index (χ2v) is 5.96. The molecular formula is C12H16N2O3S. The highest BCUT2D eigenvalue weighted by Gasteiger charge is 2.17. The topological polar surface area (TPSA) is 66.5 Å². The molecule has 0 saturated carbocycles. The van der Waals surface area contributed by atoms with Crippen molar-refractivity contribution in [3.05, 3.63) is 42.5 Å². The van der Waals surface area contributed by atoms with Gasteiger partial charge >= 0.3 is 0 Å². The Kier molecular flexibility index (Phi) is 4.63. The van der Waals surface area contributed by atoms with E-state index in [2.05, 4.69) is 11.9 Å². The molecule has 0 radical (unpaired) electrons. The van der Waals surface area contributed by atoms with Gasteiger partial charge in [-0.2, -0.15) is 0 Å². The zero-order valence-electron chi connectivity index (χ0n) is 10.4. The summed E-state index contributed by atoms with van der Waals surface area (Å²) in [4.78, 5) is 11.7. The largest absolute Gasteiger partial charge is 0.349 e. The zero-order chi connectivity index (χ0) is 13.8. The highest BCUT2D eigenvalue weighted by molar-refractivity contribution is 7.89. The molecule has 1 rings (SSSR count). The van der Waals surface area contributed by atoms with Gasteiger partial charge in [-0.25, -0.2) is 12.7 Å². The summed E-state index contributed by atoms with van der Waals surface area (Å²) in [6.45, 7) is 3.86. The van der Waals surface area contributed by atoms with Crippen molar-refractivity contribution in [2.24, 2.45) is 0 Å². The molecule has 0 saturated heterocycles. The van der Waals surface area contributed by atoms with Crippen molar-refractivity contribution < 1.29 is 13.2 Å². The lowest BCUT2D eigenvalue weighted by Crippen LogP contribution is -2.24. The van der Waals surface area contributed by atoms with Crippen LogP contribution in [0.5, 0.6) is 0 Å². The van der Waals surface area contributed by atoms with Crippen molar-refractivity contribution in [2.75, 3.05) is 20.6 Å². The Hall–Kier alpha value is -1.66. The summed E-state index contributed by atoms with van der Waals surface area (Å²) in [5.41, 5.74) is 0.412. The maximum absolute atomic E-state index is 11.8. The van der Waals surface area contributed by atoms with E-state index in [9.17, 15) is 13.2 Å². The van der Waals surface area contributed by atoms with Crippen LogP contribution in [0.3, 0.4) is 0 Å². The molecule has 0 aliphatic rings. The minimum Gasteiger partial charge on any atom is -0.349 e. The number of benzene rings is 1. The minimum absolute atomic E-state index is 0.160. The lowest BCUT2D eigenvalue weighted by Gasteiger charge is -2.11. The standard InChI is InChI=1S/C12H16N2O3S/c1-4-9-13-12(15)10-5-7-11(8-6-10)18(16,17)14(2)3/h4-8H,1,9H2,2-3H3,(H,13,15). The van der Waals surface area contributed by atoms with Crippen LogP contribution in [0.15, 0.2) is 41.8 Å². The van der Waals surface area contributed by atoms with Crippen LogP contribution >= 0.6 is 0 Å². The molecule has 1 aromatic rings. The molecule has 0 aliphatic heterocycles. The molecule has 1 N–H and O–H groups in total. The van der Waals surface area contributed by atoms with E-state index in [0.29, 0.717) is 12.1 Å². The van der Waals surface area contributed by atoms with Gasteiger partial charge in [0.05, 0.1) is 4.90 Å². The predicted molar refractivity (Wildman–Crippen MR) is 69.8 cm³/mol. The number of hydrogen-bond donors (Lipinski definition) is 1. The summed E-state index contributed by atoms with van der Waals surface area (Å²) in [5.74, 6) is -0.260. The van der Waals surface area contributed by atoms with Crippen LogP contribution in [0.25, 0.3) is 0 Å². The lowest BCUT2D eigenvalue weighted by atomic mass is 10.2. The van der Waals surface area contributed by atoms with E-state index in [4.69, 9.17) is 0 Å². The molecule has 6 heteroatoms. The van der Waals surface area contributed by atoms with E-state index >= 15 is 0 Å². The van der Waals surface area contributed by atoms with Crippen molar-refractivity contribution in [3.63, 3.8) is 0 Å². The molecule has 0 atom stereocenters.